The Labute approximate surface area is 85.3 Å². The Bertz CT molecular complexity index is 282. The highest BCUT2D eigenvalue weighted by Crippen LogP contribution is 2.16. The molecule has 0 amide bonds. The van der Waals surface area contributed by atoms with Crippen molar-refractivity contribution in [3.63, 3.8) is 0 Å². The first kappa shape index (κ1) is 10.9. The zero-order valence-corrected chi connectivity index (χ0v) is 8.83. The van der Waals surface area contributed by atoms with Crippen molar-refractivity contribution in [2.45, 2.75) is 26.3 Å². The van der Waals surface area contributed by atoms with E-state index in [1.807, 2.05) is 6.92 Å². The molecule has 0 radical (unpaired) electrons. The molecule has 1 unspecified atom stereocenters. The fourth-order valence-electron chi connectivity index (χ4n) is 1.28. The van der Waals surface area contributed by atoms with Gasteiger partial charge in [0, 0.05) is 12.4 Å². The molecular formula is C11H17N3. The maximum atomic E-state index is 4.27. The minimum absolute atomic E-state index is 0.128. The van der Waals surface area contributed by atoms with Gasteiger partial charge >= 0.3 is 0 Å². The summed E-state index contributed by atoms with van der Waals surface area (Å²) in [7, 11) is 0. The number of nitrogens with one attached hydrogen (secondary N) is 1. The van der Waals surface area contributed by atoms with Crippen LogP contribution in [0, 0.1) is 0 Å². The molecule has 0 aliphatic carbocycles. The minimum Gasteiger partial charge on any atom is -0.305 e. The molecule has 0 aliphatic rings. The Morgan fingerprint density at radius 2 is 2.36 bits per heavy atom. The first-order valence-electron chi connectivity index (χ1n) is 4.90. The summed E-state index contributed by atoms with van der Waals surface area (Å²) in [6.07, 6.45) is 6.27. The molecule has 1 aromatic rings. The van der Waals surface area contributed by atoms with Crippen LogP contribution in [-0.4, -0.2) is 16.5 Å². The maximum Gasteiger partial charge on any atom is 0.0797 e. The molecule has 14 heavy (non-hydrogen) atoms. The molecule has 0 fully saturated rings. The van der Waals surface area contributed by atoms with Crippen molar-refractivity contribution in [2.24, 2.45) is 0 Å². The zero-order chi connectivity index (χ0) is 10.4. The average Bonchev–Trinajstić information content (AvgIpc) is 2.19. The molecule has 1 aromatic heterocycles. The Morgan fingerprint density at radius 1 is 1.57 bits per heavy atom. The lowest BCUT2D eigenvalue weighted by molar-refractivity contribution is 0.577. The number of rotatable bonds is 5. The van der Waals surface area contributed by atoms with E-state index >= 15 is 0 Å². The smallest absolute Gasteiger partial charge is 0.0797 e. The van der Waals surface area contributed by atoms with Crippen molar-refractivity contribution in [3.05, 3.63) is 36.4 Å². The van der Waals surface area contributed by atoms with Gasteiger partial charge in [0.1, 0.15) is 0 Å². The van der Waals surface area contributed by atoms with Crippen LogP contribution in [0.1, 0.15) is 32.0 Å². The van der Waals surface area contributed by atoms with E-state index in [0.29, 0.717) is 0 Å². The molecule has 0 bridgehead atoms. The second-order valence-electron chi connectivity index (χ2n) is 3.36. The largest absolute Gasteiger partial charge is 0.305 e. The number of nitrogens with zero attached hydrogens (tertiary/aromatic N) is 2. The SMILES string of the molecule is C=C(C)C(NCCC)c1cnccn1. The second-order valence-corrected chi connectivity index (χ2v) is 3.36. The normalized spacial score (nSPS) is 12.4. The molecule has 1 heterocycles. The minimum atomic E-state index is 0.128. The van der Waals surface area contributed by atoms with Gasteiger partial charge in [0.2, 0.25) is 0 Å². The standard InChI is InChI=1S/C11H17N3/c1-4-5-14-11(9(2)3)10-8-12-6-7-13-10/h6-8,11,14H,2,4-5H2,1,3H3. The van der Waals surface area contributed by atoms with Crippen LogP contribution in [-0.2, 0) is 0 Å². The van der Waals surface area contributed by atoms with E-state index in [9.17, 15) is 0 Å². The van der Waals surface area contributed by atoms with Crippen LogP contribution in [0.25, 0.3) is 0 Å². The van der Waals surface area contributed by atoms with Gasteiger partial charge in [0.05, 0.1) is 17.9 Å². The first-order chi connectivity index (χ1) is 6.75. The predicted molar refractivity (Wildman–Crippen MR) is 57.9 cm³/mol. The van der Waals surface area contributed by atoms with Gasteiger partial charge in [-0.05, 0) is 19.9 Å². The molecule has 1 N–H and O–H groups in total. The van der Waals surface area contributed by atoms with Crippen LogP contribution in [0.15, 0.2) is 30.7 Å². The Kier molecular flexibility index (Phi) is 4.26. The molecule has 0 aromatic carbocycles. The highest BCUT2D eigenvalue weighted by atomic mass is 14.9. The van der Waals surface area contributed by atoms with E-state index in [0.717, 1.165) is 24.2 Å². The highest BCUT2D eigenvalue weighted by molar-refractivity contribution is 5.15. The van der Waals surface area contributed by atoms with Gasteiger partial charge in [0.25, 0.3) is 0 Å². The van der Waals surface area contributed by atoms with Gasteiger partial charge in [-0.25, -0.2) is 0 Å². The lowest BCUT2D eigenvalue weighted by Gasteiger charge is -2.17. The molecule has 0 saturated heterocycles. The maximum absolute atomic E-state index is 4.27. The number of hydrogen-bond acceptors (Lipinski definition) is 3. The lowest BCUT2D eigenvalue weighted by Crippen LogP contribution is -2.23. The van der Waals surface area contributed by atoms with E-state index in [1.54, 1.807) is 18.6 Å². The second kappa shape index (κ2) is 5.50. The first-order valence-corrected chi connectivity index (χ1v) is 4.90. The number of aromatic nitrogens is 2. The third-order valence-corrected chi connectivity index (χ3v) is 1.97. The Morgan fingerprint density at radius 3 is 2.86 bits per heavy atom. The third-order valence-electron chi connectivity index (χ3n) is 1.97. The monoisotopic (exact) mass is 191 g/mol. The zero-order valence-electron chi connectivity index (χ0n) is 8.83. The molecule has 0 saturated carbocycles. The van der Waals surface area contributed by atoms with Crippen LogP contribution >= 0.6 is 0 Å². The molecular weight excluding hydrogens is 174 g/mol. The molecule has 1 rings (SSSR count). The average molecular weight is 191 g/mol. The summed E-state index contributed by atoms with van der Waals surface area (Å²) in [5.74, 6) is 0. The quantitative estimate of drug-likeness (QED) is 0.724. The van der Waals surface area contributed by atoms with Gasteiger partial charge in [0.15, 0.2) is 0 Å². The van der Waals surface area contributed by atoms with E-state index in [2.05, 4.69) is 28.8 Å². The van der Waals surface area contributed by atoms with E-state index < -0.39 is 0 Å². The Hall–Kier alpha value is -1.22. The molecule has 1 atom stereocenters. The molecule has 3 heteroatoms. The summed E-state index contributed by atoms with van der Waals surface area (Å²) in [5.41, 5.74) is 2.01. The summed E-state index contributed by atoms with van der Waals surface area (Å²) in [6, 6.07) is 0.128. The summed E-state index contributed by atoms with van der Waals surface area (Å²) in [6.45, 7) is 9.06. The summed E-state index contributed by atoms with van der Waals surface area (Å²) in [5, 5.41) is 3.38. The molecule has 3 nitrogen and oxygen atoms in total. The lowest BCUT2D eigenvalue weighted by atomic mass is 10.1. The fourth-order valence-corrected chi connectivity index (χ4v) is 1.28. The van der Waals surface area contributed by atoms with Gasteiger partial charge in [-0.3, -0.25) is 9.97 Å². The van der Waals surface area contributed by atoms with Crippen molar-refractivity contribution in [3.8, 4) is 0 Å². The van der Waals surface area contributed by atoms with Gasteiger partial charge in [-0.2, -0.15) is 0 Å². The topological polar surface area (TPSA) is 37.8 Å². The fraction of sp³-hybridized carbons (Fsp3) is 0.455. The third kappa shape index (κ3) is 2.92. The summed E-state index contributed by atoms with van der Waals surface area (Å²) >= 11 is 0. The van der Waals surface area contributed by atoms with E-state index in [4.69, 9.17) is 0 Å². The molecule has 0 aliphatic heterocycles. The summed E-state index contributed by atoms with van der Waals surface area (Å²) < 4.78 is 0. The molecule has 76 valence electrons. The van der Waals surface area contributed by atoms with Crippen LogP contribution < -0.4 is 5.32 Å². The van der Waals surface area contributed by atoms with Crippen molar-refractivity contribution < 1.29 is 0 Å². The van der Waals surface area contributed by atoms with Crippen LogP contribution in [0.3, 0.4) is 0 Å². The van der Waals surface area contributed by atoms with Crippen molar-refractivity contribution in [1.29, 1.82) is 0 Å². The van der Waals surface area contributed by atoms with E-state index in [-0.39, 0.29) is 6.04 Å². The van der Waals surface area contributed by atoms with Gasteiger partial charge < -0.3 is 5.32 Å². The highest BCUT2D eigenvalue weighted by Gasteiger charge is 2.11. The summed E-state index contributed by atoms with van der Waals surface area (Å²) in [4.78, 5) is 8.32. The van der Waals surface area contributed by atoms with Crippen molar-refractivity contribution >= 4 is 0 Å². The van der Waals surface area contributed by atoms with Gasteiger partial charge in [-0.1, -0.05) is 19.1 Å². The van der Waals surface area contributed by atoms with Crippen LogP contribution in [0.4, 0.5) is 0 Å². The van der Waals surface area contributed by atoms with Crippen molar-refractivity contribution in [2.75, 3.05) is 6.54 Å². The van der Waals surface area contributed by atoms with E-state index in [1.165, 1.54) is 0 Å². The van der Waals surface area contributed by atoms with Crippen LogP contribution in [0.2, 0.25) is 0 Å². The Balaban J connectivity index is 2.73. The van der Waals surface area contributed by atoms with Gasteiger partial charge in [-0.15, -0.1) is 0 Å². The molecule has 0 spiro atoms. The van der Waals surface area contributed by atoms with Crippen LogP contribution in [0.5, 0.6) is 0 Å². The van der Waals surface area contributed by atoms with Crippen molar-refractivity contribution in [1.82, 2.24) is 15.3 Å². The predicted octanol–water partition coefficient (Wildman–Crippen LogP) is 2.09. The number of hydrogen-bond donors (Lipinski definition) is 1.